The number of hydrogen-bond donors (Lipinski definition) is 0. The molecule has 142 valence electrons. The van der Waals surface area contributed by atoms with E-state index in [0.29, 0.717) is 25.2 Å². The molecule has 0 saturated carbocycles. The highest BCUT2D eigenvalue weighted by Gasteiger charge is 2.28. The highest BCUT2D eigenvalue weighted by Crippen LogP contribution is 2.21. The number of rotatable bonds is 4. The van der Waals surface area contributed by atoms with Gasteiger partial charge in [0, 0.05) is 43.0 Å². The van der Waals surface area contributed by atoms with Crippen molar-refractivity contribution in [1.82, 2.24) is 14.8 Å². The van der Waals surface area contributed by atoms with Crippen LogP contribution in [0.4, 0.5) is 0 Å². The molecule has 2 heterocycles. The lowest BCUT2D eigenvalue weighted by atomic mass is 10.0. The van der Waals surface area contributed by atoms with Crippen LogP contribution in [0.1, 0.15) is 15.9 Å². The molecule has 2 aromatic carbocycles. The summed E-state index contributed by atoms with van der Waals surface area (Å²) in [6, 6.07) is 15.1. The zero-order chi connectivity index (χ0) is 19.5. The Labute approximate surface area is 163 Å². The topological polar surface area (TPSA) is 62.7 Å². The van der Waals surface area contributed by atoms with Gasteiger partial charge in [-0.15, -0.1) is 0 Å². The van der Waals surface area contributed by atoms with E-state index in [4.69, 9.17) is 4.74 Å². The van der Waals surface area contributed by atoms with Crippen LogP contribution in [0.15, 0.2) is 60.9 Å². The third-order valence-electron chi connectivity index (χ3n) is 5.05. The van der Waals surface area contributed by atoms with Crippen molar-refractivity contribution in [3.8, 4) is 5.75 Å². The predicted octanol–water partition coefficient (Wildman–Crippen LogP) is 2.73. The second kappa shape index (κ2) is 7.68. The van der Waals surface area contributed by atoms with Gasteiger partial charge in [-0.1, -0.05) is 24.3 Å². The Bertz CT molecular complexity index is 1010. The first-order valence-corrected chi connectivity index (χ1v) is 9.18. The molecule has 1 aromatic heterocycles. The number of pyridine rings is 1. The number of hydrogen-bond acceptors (Lipinski definition) is 4. The summed E-state index contributed by atoms with van der Waals surface area (Å²) in [5.74, 6) is 0.627. The van der Waals surface area contributed by atoms with Crippen LogP contribution >= 0.6 is 0 Å². The molecule has 6 nitrogen and oxygen atoms in total. The van der Waals surface area contributed by atoms with Crippen LogP contribution in [0, 0.1) is 0 Å². The fourth-order valence-corrected chi connectivity index (χ4v) is 3.48. The summed E-state index contributed by atoms with van der Waals surface area (Å²) in [5, 5.41) is 1.77. The zero-order valence-electron chi connectivity index (χ0n) is 15.7. The first-order chi connectivity index (χ1) is 13.7. The van der Waals surface area contributed by atoms with Crippen LogP contribution in [0.3, 0.4) is 0 Å². The maximum atomic E-state index is 13.0. The molecule has 0 radical (unpaired) electrons. The molecule has 6 heteroatoms. The minimum atomic E-state index is -0.116. The number of piperazine rings is 1. The van der Waals surface area contributed by atoms with Crippen LogP contribution in [0.5, 0.6) is 5.75 Å². The van der Waals surface area contributed by atoms with Crippen LogP contribution in [-0.2, 0) is 11.3 Å². The Morgan fingerprint density at radius 1 is 1.11 bits per heavy atom. The van der Waals surface area contributed by atoms with Crippen molar-refractivity contribution in [3.63, 3.8) is 0 Å². The van der Waals surface area contributed by atoms with Gasteiger partial charge in [-0.3, -0.25) is 14.6 Å². The van der Waals surface area contributed by atoms with Crippen molar-refractivity contribution in [1.29, 1.82) is 0 Å². The fraction of sp³-hybridized carbons (Fsp3) is 0.227. The summed E-state index contributed by atoms with van der Waals surface area (Å²) >= 11 is 0. The molecular weight excluding hydrogens is 354 g/mol. The Morgan fingerprint density at radius 2 is 1.93 bits per heavy atom. The minimum absolute atomic E-state index is 0.0441. The summed E-state index contributed by atoms with van der Waals surface area (Å²) in [4.78, 5) is 33.2. The van der Waals surface area contributed by atoms with Crippen molar-refractivity contribution >= 4 is 22.6 Å². The van der Waals surface area contributed by atoms with E-state index < -0.39 is 0 Å². The molecule has 0 aliphatic carbocycles. The number of methoxy groups -OCH3 is 1. The number of ether oxygens (including phenoxy) is 1. The predicted molar refractivity (Wildman–Crippen MR) is 106 cm³/mol. The zero-order valence-corrected chi connectivity index (χ0v) is 15.7. The lowest BCUT2D eigenvalue weighted by molar-refractivity contribution is -0.135. The first-order valence-electron chi connectivity index (χ1n) is 9.18. The van der Waals surface area contributed by atoms with E-state index >= 15 is 0 Å². The molecule has 0 spiro atoms. The fourth-order valence-electron chi connectivity index (χ4n) is 3.48. The van der Waals surface area contributed by atoms with Gasteiger partial charge in [-0.05, 0) is 35.2 Å². The monoisotopic (exact) mass is 375 g/mol. The largest absolute Gasteiger partial charge is 0.497 e. The third kappa shape index (κ3) is 3.53. The lowest BCUT2D eigenvalue weighted by Gasteiger charge is -2.34. The molecule has 4 rings (SSSR count). The van der Waals surface area contributed by atoms with Gasteiger partial charge in [0.05, 0.1) is 7.11 Å². The molecule has 1 aliphatic rings. The van der Waals surface area contributed by atoms with E-state index in [0.717, 1.165) is 22.1 Å². The molecular formula is C22H21N3O3. The Balaban J connectivity index is 1.46. The molecule has 0 bridgehead atoms. The highest BCUT2D eigenvalue weighted by molar-refractivity contribution is 6.07. The second-order valence-corrected chi connectivity index (χ2v) is 6.79. The Hall–Kier alpha value is -3.41. The maximum Gasteiger partial charge on any atom is 0.255 e. The molecule has 28 heavy (non-hydrogen) atoms. The van der Waals surface area contributed by atoms with Gasteiger partial charge in [0.1, 0.15) is 12.3 Å². The van der Waals surface area contributed by atoms with Gasteiger partial charge in [0.25, 0.3) is 5.91 Å². The van der Waals surface area contributed by atoms with E-state index in [1.807, 2.05) is 42.5 Å². The number of aromatic nitrogens is 1. The van der Waals surface area contributed by atoms with E-state index in [2.05, 4.69) is 4.98 Å². The third-order valence-corrected chi connectivity index (χ3v) is 5.05. The smallest absolute Gasteiger partial charge is 0.255 e. The van der Waals surface area contributed by atoms with Crippen molar-refractivity contribution < 1.29 is 14.3 Å². The van der Waals surface area contributed by atoms with Crippen molar-refractivity contribution in [2.24, 2.45) is 0 Å². The maximum absolute atomic E-state index is 13.0. The Kier molecular flexibility index (Phi) is 4.93. The first kappa shape index (κ1) is 18.0. The van der Waals surface area contributed by atoms with Crippen LogP contribution < -0.4 is 4.74 Å². The number of nitrogens with zero attached hydrogens (tertiary/aromatic N) is 3. The summed E-state index contributed by atoms with van der Waals surface area (Å²) in [6.07, 6.45) is 3.42. The number of benzene rings is 2. The highest BCUT2D eigenvalue weighted by atomic mass is 16.5. The van der Waals surface area contributed by atoms with Crippen molar-refractivity contribution in [2.45, 2.75) is 6.54 Å². The van der Waals surface area contributed by atoms with Gasteiger partial charge in [-0.2, -0.15) is 0 Å². The van der Waals surface area contributed by atoms with E-state index in [9.17, 15) is 9.59 Å². The molecule has 3 aromatic rings. The van der Waals surface area contributed by atoms with Gasteiger partial charge in [-0.25, -0.2) is 0 Å². The van der Waals surface area contributed by atoms with E-state index in [-0.39, 0.29) is 18.4 Å². The summed E-state index contributed by atoms with van der Waals surface area (Å²) in [7, 11) is 1.63. The van der Waals surface area contributed by atoms with Gasteiger partial charge < -0.3 is 14.5 Å². The number of amides is 2. The molecule has 1 saturated heterocycles. The number of carbonyl (C=O) groups is 2. The molecule has 0 atom stereocenters. The number of carbonyl (C=O) groups excluding carboxylic acids is 2. The lowest BCUT2D eigenvalue weighted by Crippen LogP contribution is -2.51. The summed E-state index contributed by atoms with van der Waals surface area (Å²) < 4.78 is 5.16. The van der Waals surface area contributed by atoms with Crippen LogP contribution in [-0.4, -0.2) is 53.3 Å². The van der Waals surface area contributed by atoms with E-state index in [1.54, 1.807) is 35.4 Å². The molecule has 0 unspecified atom stereocenters. The summed E-state index contributed by atoms with van der Waals surface area (Å²) in [5.41, 5.74) is 1.65. The Morgan fingerprint density at radius 3 is 2.68 bits per heavy atom. The quantitative estimate of drug-likeness (QED) is 0.703. The number of fused-ring (bicyclic) bond motifs is 1. The SMILES string of the molecule is COc1ccc(CN2CCN(C(=O)c3cccc4cnccc34)CC2=O)cc1. The van der Waals surface area contributed by atoms with Crippen molar-refractivity contribution in [2.75, 3.05) is 26.7 Å². The van der Waals surface area contributed by atoms with Gasteiger partial charge in [0.2, 0.25) is 5.91 Å². The minimum Gasteiger partial charge on any atom is -0.497 e. The van der Waals surface area contributed by atoms with Crippen LogP contribution in [0.25, 0.3) is 10.8 Å². The standard InChI is InChI=1S/C22H21N3O3/c1-28-18-7-5-16(6-8-18)14-24-11-12-25(15-21(24)26)22(27)20-4-2-3-17-13-23-10-9-19(17)20/h2-10,13H,11-12,14-15H2,1H3. The van der Waals surface area contributed by atoms with E-state index in [1.165, 1.54) is 0 Å². The average Bonchev–Trinajstić information content (AvgIpc) is 2.75. The van der Waals surface area contributed by atoms with Gasteiger partial charge in [0.15, 0.2) is 0 Å². The second-order valence-electron chi connectivity index (χ2n) is 6.79. The summed E-state index contributed by atoms with van der Waals surface area (Å²) in [6.45, 7) is 1.66. The molecule has 1 fully saturated rings. The van der Waals surface area contributed by atoms with Gasteiger partial charge >= 0.3 is 0 Å². The van der Waals surface area contributed by atoms with Crippen molar-refractivity contribution in [3.05, 3.63) is 72.1 Å². The molecule has 2 amide bonds. The molecule has 0 N–H and O–H groups in total. The molecule has 1 aliphatic heterocycles. The van der Waals surface area contributed by atoms with Crippen LogP contribution in [0.2, 0.25) is 0 Å². The normalized spacial score (nSPS) is 14.4. The average molecular weight is 375 g/mol.